The third-order valence-corrected chi connectivity index (χ3v) is 8.81. The first-order valence-corrected chi connectivity index (χ1v) is 19.1. The van der Waals surface area contributed by atoms with Crippen LogP contribution in [0.3, 0.4) is 0 Å². The van der Waals surface area contributed by atoms with Gasteiger partial charge in [0.15, 0.2) is 11.5 Å². The summed E-state index contributed by atoms with van der Waals surface area (Å²) in [6, 6.07) is 0. The van der Waals surface area contributed by atoms with Crippen molar-refractivity contribution in [1.82, 2.24) is 0 Å². The first-order valence-electron chi connectivity index (χ1n) is 12.3. The standard InChI is InChI=1S/C27H46O3Si2/c1-17(2)19-22(29-31(8,9)10)20-18(3)25-26(4,5)15-14-16-27(25,6)21(20)24(23(19)28-7)30-32(11,12)13/h17,25H,3,14-16H2,1-2,4-13H3/t25-,27+/m0/s1. The predicted molar refractivity (Wildman–Crippen MR) is 143 cm³/mol. The van der Waals surface area contributed by atoms with Crippen LogP contribution >= 0.6 is 0 Å². The van der Waals surface area contributed by atoms with Gasteiger partial charge in [-0.1, -0.05) is 47.6 Å². The molecule has 1 aromatic carbocycles. The van der Waals surface area contributed by atoms with E-state index in [1.807, 2.05) is 0 Å². The summed E-state index contributed by atoms with van der Waals surface area (Å²) in [6.07, 6.45) is 3.59. The molecule has 5 heteroatoms. The van der Waals surface area contributed by atoms with E-state index in [1.165, 1.54) is 29.5 Å². The summed E-state index contributed by atoms with van der Waals surface area (Å²) in [6.45, 7) is 30.1. The van der Waals surface area contributed by atoms with E-state index >= 15 is 0 Å². The predicted octanol–water partition coefficient (Wildman–Crippen LogP) is 8.36. The van der Waals surface area contributed by atoms with Crippen molar-refractivity contribution >= 4 is 22.2 Å². The van der Waals surface area contributed by atoms with Gasteiger partial charge in [0.25, 0.3) is 0 Å². The molecule has 2 atom stereocenters. The molecule has 0 heterocycles. The zero-order valence-electron chi connectivity index (χ0n) is 22.7. The van der Waals surface area contributed by atoms with Gasteiger partial charge in [-0.15, -0.1) is 0 Å². The Bertz CT molecular complexity index is 919. The lowest BCUT2D eigenvalue weighted by molar-refractivity contribution is 0.107. The highest BCUT2D eigenvalue weighted by molar-refractivity contribution is 6.71. The van der Waals surface area contributed by atoms with Gasteiger partial charge in [-0.2, -0.15) is 0 Å². The summed E-state index contributed by atoms with van der Waals surface area (Å²) in [4.78, 5) is 0. The molecule has 0 saturated heterocycles. The van der Waals surface area contributed by atoms with Gasteiger partial charge < -0.3 is 13.6 Å². The van der Waals surface area contributed by atoms with E-state index in [0.717, 1.165) is 29.2 Å². The Kier molecular flexibility index (Phi) is 6.30. The normalized spacial score (nSPS) is 24.9. The van der Waals surface area contributed by atoms with Crippen LogP contribution in [0.15, 0.2) is 6.58 Å². The molecule has 0 aromatic heterocycles. The van der Waals surface area contributed by atoms with Crippen molar-refractivity contribution < 1.29 is 13.6 Å². The molecule has 3 nitrogen and oxygen atoms in total. The molecule has 1 aromatic rings. The number of hydrogen-bond acceptors (Lipinski definition) is 3. The molecule has 0 aliphatic heterocycles. The number of benzene rings is 1. The van der Waals surface area contributed by atoms with Gasteiger partial charge in [-0.05, 0) is 74.9 Å². The Morgan fingerprint density at radius 1 is 0.875 bits per heavy atom. The van der Waals surface area contributed by atoms with Gasteiger partial charge in [0.1, 0.15) is 5.75 Å². The van der Waals surface area contributed by atoms with Crippen molar-refractivity contribution in [2.75, 3.05) is 7.11 Å². The highest BCUT2D eigenvalue weighted by atomic mass is 28.4. The molecule has 2 aliphatic carbocycles. The Morgan fingerprint density at radius 3 is 1.88 bits per heavy atom. The molecule has 0 amide bonds. The third-order valence-electron chi connectivity index (χ3n) is 7.17. The maximum Gasteiger partial charge on any atom is 0.242 e. The molecule has 1 saturated carbocycles. The Hall–Kier alpha value is -1.21. The van der Waals surface area contributed by atoms with Crippen molar-refractivity contribution in [3.05, 3.63) is 23.3 Å². The number of rotatable bonds is 6. The Morgan fingerprint density at radius 2 is 1.41 bits per heavy atom. The first-order chi connectivity index (χ1) is 14.4. The zero-order chi connectivity index (χ0) is 24.4. The smallest absolute Gasteiger partial charge is 0.242 e. The van der Waals surface area contributed by atoms with Gasteiger partial charge in [0.05, 0.1) is 7.11 Å². The molecule has 1 fully saturated rings. The maximum absolute atomic E-state index is 6.91. The molecule has 180 valence electrons. The van der Waals surface area contributed by atoms with Crippen LogP contribution in [0.4, 0.5) is 0 Å². The minimum Gasteiger partial charge on any atom is -0.544 e. The monoisotopic (exact) mass is 474 g/mol. The SMILES string of the molecule is C=C1c2c(O[Si](C)(C)C)c(C(C)C)c(OC)c(O[Si](C)(C)C)c2[C@@]2(C)CCCC(C)(C)[C@H]12. The lowest BCUT2D eigenvalue weighted by Crippen LogP contribution is -2.42. The lowest BCUT2D eigenvalue weighted by atomic mass is 9.56. The largest absolute Gasteiger partial charge is 0.544 e. The molecule has 2 aliphatic rings. The van der Waals surface area contributed by atoms with Gasteiger partial charge >= 0.3 is 0 Å². The van der Waals surface area contributed by atoms with Crippen molar-refractivity contribution in [2.24, 2.45) is 11.3 Å². The van der Waals surface area contributed by atoms with Crippen LogP contribution in [-0.2, 0) is 5.41 Å². The summed E-state index contributed by atoms with van der Waals surface area (Å²) in [5.74, 6) is 3.50. The minimum atomic E-state index is -1.90. The summed E-state index contributed by atoms with van der Waals surface area (Å²) in [7, 11) is -2.00. The fraction of sp³-hybridized carbons (Fsp3) is 0.704. The van der Waals surface area contributed by atoms with E-state index in [2.05, 4.69) is 73.9 Å². The van der Waals surface area contributed by atoms with Crippen LogP contribution in [0.1, 0.15) is 76.5 Å². The van der Waals surface area contributed by atoms with Gasteiger partial charge in [0.2, 0.25) is 16.6 Å². The summed E-state index contributed by atoms with van der Waals surface area (Å²) in [5, 5.41) is 0. The molecule has 0 N–H and O–H groups in total. The lowest BCUT2D eigenvalue weighted by Gasteiger charge is -2.48. The van der Waals surface area contributed by atoms with Crippen LogP contribution in [0.5, 0.6) is 17.2 Å². The highest BCUT2D eigenvalue weighted by Gasteiger charge is 2.57. The second-order valence-corrected chi connectivity index (χ2v) is 22.0. The number of hydrogen-bond donors (Lipinski definition) is 0. The fourth-order valence-corrected chi connectivity index (χ4v) is 8.06. The number of methoxy groups -OCH3 is 1. The second-order valence-electron chi connectivity index (χ2n) is 13.2. The Labute approximate surface area is 199 Å². The number of allylic oxidation sites excluding steroid dienone is 1. The van der Waals surface area contributed by atoms with E-state index in [1.54, 1.807) is 7.11 Å². The van der Waals surface area contributed by atoms with Gasteiger partial charge in [0, 0.05) is 22.1 Å². The summed E-state index contributed by atoms with van der Waals surface area (Å²) < 4.78 is 20.0. The van der Waals surface area contributed by atoms with Crippen LogP contribution in [0.25, 0.3) is 5.57 Å². The van der Waals surface area contributed by atoms with Crippen molar-refractivity contribution in [2.45, 2.75) is 104 Å². The second kappa shape index (κ2) is 7.94. The molecule has 0 radical (unpaired) electrons. The van der Waals surface area contributed by atoms with Gasteiger partial charge in [-0.25, -0.2) is 0 Å². The van der Waals surface area contributed by atoms with Crippen molar-refractivity contribution in [3.63, 3.8) is 0 Å². The molecular weight excluding hydrogens is 428 g/mol. The number of fused-ring (bicyclic) bond motifs is 3. The minimum absolute atomic E-state index is 0.0243. The molecule has 0 unspecified atom stereocenters. The van der Waals surface area contributed by atoms with Crippen LogP contribution in [-0.4, -0.2) is 23.7 Å². The summed E-state index contributed by atoms with van der Waals surface area (Å²) >= 11 is 0. The zero-order valence-corrected chi connectivity index (χ0v) is 24.7. The summed E-state index contributed by atoms with van der Waals surface area (Å²) in [5.41, 5.74) is 5.07. The van der Waals surface area contributed by atoms with Crippen molar-refractivity contribution in [3.8, 4) is 17.2 Å². The van der Waals surface area contributed by atoms with E-state index < -0.39 is 16.6 Å². The van der Waals surface area contributed by atoms with Gasteiger partial charge in [-0.3, -0.25) is 0 Å². The maximum atomic E-state index is 6.91. The van der Waals surface area contributed by atoms with Crippen LogP contribution in [0.2, 0.25) is 39.3 Å². The van der Waals surface area contributed by atoms with E-state index in [9.17, 15) is 0 Å². The third kappa shape index (κ3) is 4.20. The van der Waals surface area contributed by atoms with E-state index in [4.69, 9.17) is 20.2 Å². The fourth-order valence-electron chi connectivity index (χ4n) is 6.43. The molecular formula is C27H46O3Si2. The quantitative estimate of drug-likeness (QED) is 0.388. The molecule has 3 rings (SSSR count). The first kappa shape index (κ1) is 25.4. The molecule has 32 heavy (non-hydrogen) atoms. The van der Waals surface area contributed by atoms with Crippen LogP contribution in [0, 0.1) is 11.3 Å². The topological polar surface area (TPSA) is 27.7 Å². The molecule has 0 spiro atoms. The average molecular weight is 475 g/mol. The molecule has 0 bridgehead atoms. The Balaban J connectivity index is 2.51. The van der Waals surface area contributed by atoms with E-state index in [0.29, 0.717) is 5.92 Å². The average Bonchev–Trinajstić information content (AvgIpc) is 2.82. The van der Waals surface area contributed by atoms with E-state index in [-0.39, 0.29) is 16.7 Å². The van der Waals surface area contributed by atoms with Crippen molar-refractivity contribution in [1.29, 1.82) is 0 Å². The number of ether oxygens (including phenoxy) is 1. The van der Waals surface area contributed by atoms with Crippen LogP contribution < -0.4 is 13.6 Å². The highest BCUT2D eigenvalue weighted by Crippen LogP contribution is 2.68.